The highest BCUT2D eigenvalue weighted by Crippen LogP contribution is 2.09. The Morgan fingerprint density at radius 1 is 1.73 bits per heavy atom. The predicted molar refractivity (Wildman–Crippen MR) is 45.2 cm³/mol. The van der Waals surface area contributed by atoms with Crippen LogP contribution in [0.25, 0.3) is 0 Å². The Kier molecular flexibility index (Phi) is 2.29. The van der Waals surface area contributed by atoms with Crippen LogP contribution in [0.1, 0.15) is 26.1 Å². The Morgan fingerprint density at radius 2 is 2.45 bits per heavy atom. The van der Waals surface area contributed by atoms with Gasteiger partial charge in [-0.2, -0.15) is 0 Å². The lowest BCUT2D eigenvalue weighted by atomic mass is 9.96. The molecule has 62 valence electrons. The molecule has 0 saturated carbocycles. The molecule has 1 aromatic rings. The zero-order valence-electron chi connectivity index (χ0n) is 7.09. The van der Waals surface area contributed by atoms with Crippen molar-refractivity contribution in [2.24, 2.45) is 5.73 Å². The van der Waals surface area contributed by atoms with Crippen LogP contribution in [0.2, 0.25) is 0 Å². The molecular formula is C8H15N3. The molecule has 1 heterocycles. The van der Waals surface area contributed by atoms with Gasteiger partial charge in [0.2, 0.25) is 0 Å². The van der Waals surface area contributed by atoms with Gasteiger partial charge in [0.15, 0.2) is 0 Å². The third-order valence-electron chi connectivity index (χ3n) is 1.93. The number of nitrogens with two attached hydrogens (primary N) is 1. The standard InChI is InChI=1S/C8H15N3/c1-3-8(2,9)6-7-10-4-5-11-7/h4-5H,3,6,9H2,1-2H3,(H,10,11). The Morgan fingerprint density at radius 3 is 2.91 bits per heavy atom. The fraction of sp³-hybridized carbons (Fsp3) is 0.625. The molecule has 11 heavy (non-hydrogen) atoms. The summed E-state index contributed by atoms with van der Waals surface area (Å²) in [6, 6.07) is 0. The second-order valence-electron chi connectivity index (χ2n) is 3.22. The highest BCUT2D eigenvalue weighted by Gasteiger charge is 2.16. The van der Waals surface area contributed by atoms with E-state index in [-0.39, 0.29) is 5.54 Å². The van der Waals surface area contributed by atoms with E-state index >= 15 is 0 Å². The number of hydrogen-bond donors (Lipinski definition) is 2. The molecule has 3 N–H and O–H groups in total. The largest absolute Gasteiger partial charge is 0.349 e. The highest BCUT2D eigenvalue weighted by molar-refractivity contribution is 4.95. The molecule has 0 spiro atoms. The van der Waals surface area contributed by atoms with Crippen LogP contribution in [0.5, 0.6) is 0 Å². The van der Waals surface area contributed by atoms with Gasteiger partial charge in [-0.15, -0.1) is 0 Å². The van der Waals surface area contributed by atoms with Crippen molar-refractivity contribution in [3.05, 3.63) is 18.2 Å². The van der Waals surface area contributed by atoms with Crippen molar-refractivity contribution in [3.63, 3.8) is 0 Å². The first-order valence-corrected chi connectivity index (χ1v) is 3.91. The minimum Gasteiger partial charge on any atom is -0.349 e. The molecule has 3 nitrogen and oxygen atoms in total. The second-order valence-corrected chi connectivity index (χ2v) is 3.22. The number of H-pyrrole nitrogens is 1. The van der Waals surface area contributed by atoms with Crippen LogP contribution in [0, 0.1) is 0 Å². The zero-order valence-corrected chi connectivity index (χ0v) is 7.09. The first kappa shape index (κ1) is 8.27. The van der Waals surface area contributed by atoms with Crippen molar-refractivity contribution in [2.75, 3.05) is 0 Å². The molecule has 0 saturated heterocycles. The van der Waals surface area contributed by atoms with Gasteiger partial charge in [-0.05, 0) is 13.3 Å². The molecule has 1 aromatic heterocycles. The maximum atomic E-state index is 5.95. The van der Waals surface area contributed by atoms with E-state index < -0.39 is 0 Å². The van der Waals surface area contributed by atoms with Crippen molar-refractivity contribution in [2.45, 2.75) is 32.2 Å². The minimum absolute atomic E-state index is 0.127. The molecule has 1 unspecified atom stereocenters. The van der Waals surface area contributed by atoms with Gasteiger partial charge in [-0.25, -0.2) is 4.98 Å². The quantitative estimate of drug-likeness (QED) is 0.682. The molecule has 0 amide bonds. The number of aromatic nitrogens is 2. The molecule has 0 radical (unpaired) electrons. The van der Waals surface area contributed by atoms with Gasteiger partial charge >= 0.3 is 0 Å². The Hall–Kier alpha value is -0.830. The fourth-order valence-electron chi connectivity index (χ4n) is 0.902. The van der Waals surface area contributed by atoms with Gasteiger partial charge in [-0.1, -0.05) is 6.92 Å². The van der Waals surface area contributed by atoms with E-state index in [1.165, 1.54) is 0 Å². The number of imidazole rings is 1. The molecule has 0 aromatic carbocycles. The smallest absolute Gasteiger partial charge is 0.107 e. The summed E-state index contributed by atoms with van der Waals surface area (Å²) in [6.07, 6.45) is 5.35. The average Bonchev–Trinajstić information content (AvgIpc) is 2.39. The normalized spacial score (nSPS) is 16.3. The topological polar surface area (TPSA) is 54.7 Å². The lowest BCUT2D eigenvalue weighted by molar-refractivity contribution is 0.441. The summed E-state index contributed by atoms with van der Waals surface area (Å²) in [5.74, 6) is 0.969. The number of rotatable bonds is 3. The number of hydrogen-bond acceptors (Lipinski definition) is 2. The van der Waals surface area contributed by atoms with E-state index in [9.17, 15) is 0 Å². The van der Waals surface area contributed by atoms with Crippen molar-refractivity contribution >= 4 is 0 Å². The predicted octanol–water partition coefficient (Wildman–Crippen LogP) is 1.08. The van der Waals surface area contributed by atoms with Crippen LogP contribution in [0.4, 0.5) is 0 Å². The van der Waals surface area contributed by atoms with Crippen molar-refractivity contribution in [1.82, 2.24) is 9.97 Å². The Bertz CT molecular complexity index is 201. The van der Waals surface area contributed by atoms with Crippen LogP contribution in [0.3, 0.4) is 0 Å². The Labute approximate surface area is 67.0 Å². The van der Waals surface area contributed by atoms with Gasteiger partial charge in [0.1, 0.15) is 5.82 Å². The number of nitrogens with zero attached hydrogens (tertiary/aromatic N) is 1. The van der Waals surface area contributed by atoms with Gasteiger partial charge < -0.3 is 10.7 Å². The minimum atomic E-state index is -0.127. The lowest BCUT2D eigenvalue weighted by Gasteiger charge is -2.20. The lowest BCUT2D eigenvalue weighted by Crippen LogP contribution is -2.37. The van der Waals surface area contributed by atoms with Crippen LogP contribution < -0.4 is 5.73 Å². The molecule has 0 bridgehead atoms. The van der Waals surface area contributed by atoms with E-state index in [4.69, 9.17) is 5.73 Å². The van der Waals surface area contributed by atoms with Crippen molar-refractivity contribution < 1.29 is 0 Å². The summed E-state index contributed by atoms with van der Waals surface area (Å²) in [7, 11) is 0. The van der Waals surface area contributed by atoms with E-state index in [0.29, 0.717) is 0 Å². The molecule has 1 atom stereocenters. The SMILES string of the molecule is CCC(C)(N)Cc1ncc[nH]1. The van der Waals surface area contributed by atoms with Gasteiger partial charge in [-0.3, -0.25) is 0 Å². The third kappa shape index (κ3) is 2.35. The molecule has 0 aliphatic carbocycles. The van der Waals surface area contributed by atoms with Crippen LogP contribution >= 0.6 is 0 Å². The maximum absolute atomic E-state index is 5.95. The highest BCUT2D eigenvalue weighted by atomic mass is 14.9. The summed E-state index contributed by atoms with van der Waals surface area (Å²) < 4.78 is 0. The fourth-order valence-corrected chi connectivity index (χ4v) is 0.902. The third-order valence-corrected chi connectivity index (χ3v) is 1.93. The molecule has 1 rings (SSSR count). The average molecular weight is 153 g/mol. The molecule has 0 aliphatic rings. The molecular weight excluding hydrogens is 138 g/mol. The maximum Gasteiger partial charge on any atom is 0.107 e. The van der Waals surface area contributed by atoms with Gasteiger partial charge in [0.25, 0.3) is 0 Å². The van der Waals surface area contributed by atoms with Crippen molar-refractivity contribution in [1.29, 1.82) is 0 Å². The van der Waals surface area contributed by atoms with Crippen LogP contribution in [0.15, 0.2) is 12.4 Å². The summed E-state index contributed by atoms with van der Waals surface area (Å²) in [5, 5.41) is 0. The van der Waals surface area contributed by atoms with Gasteiger partial charge in [0.05, 0.1) is 0 Å². The molecule has 3 heteroatoms. The van der Waals surface area contributed by atoms with E-state index in [0.717, 1.165) is 18.7 Å². The molecule has 0 aliphatic heterocycles. The summed E-state index contributed by atoms with van der Waals surface area (Å²) in [5.41, 5.74) is 5.82. The molecule has 0 fully saturated rings. The summed E-state index contributed by atoms with van der Waals surface area (Å²) in [4.78, 5) is 7.15. The van der Waals surface area contributed by atoms with Gasteiger partial charge in [0, 0.05) is 24.4 Å². The number of aromatic amines is 1. The van der Waals surface area contributed by atoms with Crippen molar-refractivity contribution in [3.8, 4) is 0 Å². The second kappa shape index (κ2) is 3.05. The van der Waals surface area contributed by atoms with Crippen LogP contribution in [-0.2, 0) is 6.42 Å². The summed E-state index contributed by atoms with van der Waals surface area (Å²) >= 11 is 0. The first-order valence-electron chi connectivity index (χ1n) is 3.91. The zero-order chi connectivity index (χ0) is 8.32. The Balaban J connectivity index is 2.56. The first-order chi connectivity index (χ1) is 5.14. The number of nitrogens with one attached hydrogen (secondary N) is 1. The summed E-state index contributed by atoms with van der Waals surface area (Å²) in [6.45, 7) is 4.12. The van der Waals surface area contributed by atoms with E-state index in [1.807, 2.05) is 13.1 Å². The van der Waals surface area contributed by atoms with Crippen LogP contribution in [-0.4, -0.2) is 15.5 Å². The van der Waals surface area contributed by atoms with E-state index in [1.54, 1.807) is 6.20 Å². The monoisotopic (exact) mass is 153 g/mol. The van der Waals surface area contributed by atoms with E-state index in [2.05, 4.69) is 16.9 Å².